The van der Waals surface area contributed by atoms with Crippen LogP contribution < -0.4 is 16.2 Å². The summed E-state index contributed by atoms with van der Waals surface area (Å²) in [4.78, 5) is 38.6. The molecule has 36 heavy (non-hydrogen) atoms. The molecule has 9 nitrogen and oxygen atoms in total. The summed E-state index contributed by atoms with van der Waals surface area (Å²) in [7, 11) is 1.74. The van der Waals surface area contributed by atoms with E-state index >= 15 is 0 Å². The number of aliphatic carboxylic acids is 1. The zero-order valence-electron chi connectivity index (χ0n) is 21.0. The van der Waals surface area contributed by atoms with Gasteiger partial charge in [-0.1, -0.05) is 68.4 Å². The predicted molar refractivity (Wildman–Crippen MR) is 137 cm³/mol. The number of amides is 2. The summed E-state index contributed by atoms with van der Waals surface area (Å²) in [5.41, 5.74) is 8.81. The highest BCUT2D eigenvalue weighted by Crippen LogP contribution is 2.20. The van der Waals surface area contributed by atoms with Gasteiger partial charge in [-0.3, -0.25) is 9.59 Å². The van der Waals surface area contributed by atoms with Crippen LogP contribution >= 0.6 is 0 Å². The van der Waals surface area contributed by atoms with Crippen LogP contribution in [0.3, 0.4) is 0 Å². The molecule has 0 aliphatic carbocycles. The van der Waals surface area contributed by atoms with Crippen LogP contribution in [0, 0.1) is 5.92 Å². The number of nitrogens with zero attached hydrogens (tertiary/aromatic N) is 1. The van der Waals surface area contributed by atoms with E-state index in [1.54, 1.807) is 11.9 Å². The van der Waals surface area contributed by atoms with Crippen LogP contribution in [-0.4, -0.2) is 70.7 Å². The Kier molecular flexibility index (Phi) is 9.58. The first kappa shape index (κ1) is 27.3. The molecule has 1 saturated heterocycles. The van der Waals surface area contributed by atoms with E-state index in [2.05, 4.69) is 16.2 Å². The third kappa shape index (κ3) is 7.61. The van der Waals surface area contributed by atoms with Crippen molar-refractivity contribution < 1.29 is 24.6 Å². The van der Waals surface area contributed by atoms with Crippen molar-refractivity contribution in [3.05, 3.63) is 60.2 Å². The smallest absolute Gasteiger partial charge is 0.332 e. The van der Waals surface area contributed by atoms with Crippen LogP contribution in [-0.2, 0) is 20.8 Å². The van der Waals surface area contributed by atoms with Gasteiger partial charge >= 0.3 is 5.97 Å². The Balaban J connectivity index is 1.64. The maximum atomic E-state index is 13.0. The fourth-order valence-electron chi connectivity index (χ4n) is 4.41. The van der Waals surface area contributed by atoms with Crippen molar-refractivity contribution in [2.24, 2.45) is 5.92 Å². The first-order valence-electron chi connectivity index (χ1n) is 12.3. The molecule has 0 radical (unpaired) electrons. The summed E-state index contributed by atoms with van der Waals surface area (Å²) < 4.78 is 0. The molecule has 2 aromatic rings. The van der Waals surface area contributed by atoms with Gasteiger partial charge in [-0.2, -0.15) is 0 Å². The van der Waals surface area contributed by atoms with Crippen molar-refractivity contribution >= 4 is 17.8 Å². The number of nitrogens with one attached hydrogen (secondary N) is 3. The number of rotatable bonds is 11. The van der Waals surface area contributed by atoms with E-state index in [9.17, 15) is 24.6 Å². The molecule has 2 unspecified atom stereocenters. The minimum Gasteiger partial charge on any atom is -0.479 e. The van der Waals surface area contributed by atoms with Crippen LogP contribution in [0.4, 0.5) is 0 Å². The van der Waals surface area contributed by atoms with E-state index in [1.165, 1.54) is 0 Å². The van der Waals surface area contributed by atoms with Gasteiger partial charge in [0.15, 0.2) is 6.10 Å². The Morgan fingerprint density at radius 3 is 2.22 bits per heavy atom. The SMILES string of the molecule is CC(C)CN(C)C(=O)C1CC(C(=O)N[C@H](Cc2ccc(-c3ccccc3)cc2)C[C@H](O)C(=O)O)NN1. The van der Waals surface area contributed by atoms with Gasteiger partial charge < -0.3 is 20.4 Å². The Labute approximate surface area is 211 Å². The number of hydrogen-bond donors (Lipinski definition) is 5. The number of hydrogen-bond acceptors (Lipinski definition) is 6. The fraction of sp³-hybridized carbons (Fsp3) is 0.444. The van der Waals surface area contributed by atoms with Crippen LogP contribution in [0.2, 0.25) is 0 Å². The lowest BCUT2D eigenvalue weighted by atomic mass is 9.97. The van der Waals surface area contributed by atoms with Crippen molar-refractivity contribution in [3.8, 4) is 11.1 Å². The fourth-order valence-corrected chi connectivity index (χ4v) is 4.41. The highest BCUT2D eigenvalue weighted by atomic mass is 16.4. The van der Waals surface area contributed by atoms with Gasteiger partial charge in [-0.25, -0.2) is 15.6 Å². The second-order valence-corrected chi connectivity index (χ2v) is 9.80. The highest BCUT2D eigenvalue weighted by Gasteiger charge is 2.36. The maximum Gasteiger partial charge on any atom is 0.332 e. The van der Waals surface area contributed by atoms with Crippen molar-refractivity contribution in [1.82, 2.24) is 21.1 Å². The zero-order chi connectivity index (χ0) is 26.2. The predicted octanol–water partition coefficient (Wildman–Crippen LogP) is 1.57. The van der Waals surface area contributed by atoms with E-state index in [-0.39, 0.29) is 24.7 Å². The average molecular weight is 497 g/mol. The molecule has 0 aromatic heterocycles. The monoisotopic (exact) mass is 496 g/mol. The average Bonchev–Trinajstić information content (AvgIpc) is 3.34. The third-order valence-electron chi connectivity index (χ3n) is 6.22. The minimum atomic E-state index is -1.60. The molecule has 2 aromatic carbocycles. The molecule has 4 atom stereocenters. The number of carboxylic acids is 1. The van der Waals surface area contributed by atoms with Gasteiger partial charge in [0, 0.05) is 26.1 Å². The largest absolute Gasteiger partial charge is 0.479 e. The summed E-state index contributed by atoms with van der Waals surface area (Å²) in [5.74, 6) is -1.46. The number of aliphatic hydroxyl groups is 1. The first-order valence-corrected chi connectivity index (χ1v) is 12.3. The zero-order valence-corrected chi connectivity index (χ0v) is 21.0. The number of hydrazine groups is 1. The second kappa shape index (κ2) is 12.6. The Bertz CT molecular complexity index is 1030. The summed E-state index contributed by atoms with van der Waals surface area (Å²) in [6.07, 6.45) is -1.12. The normalized spacial score (nSPS) is 19.0. The summed E-state index contributed by atoms with van der Waals surface area (Å²) in [5, 5.41) is 22.0. The van der Waals surface area contributed by atoms with Gasteiger partial charge in [0.25, 0.3) is 0 Å². The molecule has 2 amide bonds. The first-order chi connectivity index (χ1) is 17.1. The molecule has 3 rings (SSSR count). The quantitative estimate of drug-likeness (QED) is 0.319. The summed E-state index contributed by atoms with van der Waals surface area (Å²) in [6, 6.07) is 15.9. The number of carboxylic acid groups (broad SMARTS) is 1. The van der Waals surface area contributed by atoms with Gasteiger partial charge in [0.1, 0.15) is 12.1 Å². The number of carbonyl (C=O) groups is 3. The molecule has 0 spiro atoms. The molecular formula is C27H36N4O5. The molecule has 9 heteroatoms. The molecule has 1 fully saturated rings. The second-order valence-electron chi connectivity index (χ2n) is 9.80. The number of likely N-dealkylation sites (N-methyl/N-ethyl adjacent to an activating group) is 1. The van der Waals surface area contributed by atoms with Gasteiger partial charge in [-0.05, 0) is 35.4 Å². The van der Waals surface area contributed by atoms with E-state index < -0.39 is 30.2 Å². The Morgan fingerprint density at radius 1 is 1.00 bits per heavy atom. The van der Waals surface area contributed by atoms with Crippen molar-refractivity contribution in [2.45, 2.75) is 57.3 Å². The Morgan fingerprint density at radius 2 is 1.61 bits per heavy atom. The number of carbonyl (C=O) groups excluding carboxylic acids is 2. The van der Waals surface area contributed by atoms with Crippen LogP contribution in [0.15, 0.2) is 54.6 Å². The topological polar surface area (TPSA) is 131 Å². The van der Waals surface area contributed by atoms with E-state index in [1.807, 2.05) is 68.4 Å². The van der Waals surface area contributed by atoms with Crippen molar-refractivity contribution in [3.63, 3.8) is 0 Å². The van der Waals surface area contributed by atoms with Gasteiger partial charge in [-0.15, -0.1) is 0 Å². The van der Waals surface area contributed by atoms with E-state index in [4.69, 9.17) is 0 Å². The molecule has 1 aliphatic heterocycles. The van der Waals surface area contributed by atoms with Crippen molar-refractivity contribution in [2.75, 3.05) is 13.6 Å². The lowest BCUT2D eigenvalue weighted by Gasteiger charge is -2.23. The molecule has 1 heterocycles. The Hall–Kier alpha value is -3.27. The summed E-state index contributed by atoms with van der Waals surface area (Å²) in [6.45, 7) is 4.68. The minimum absolute atomic E-state index is 0.0946. The van der Waals surface area contributed by atoms with Gasteiger partial charge in [0.05, 0.1) is 0 Å². The highest BCUT2D eigenvalue weighted by molar-refractivity contribution is 5.87. The maximum absolute atomic E-state index is 13.0. The van der Waals surface area contributed by atoms with E-state index in [0.29, 0.717) is 18.9 Å². The lowest BCUT2D eigenvalue weighted by Crippen LogP contribution is -2.49. The molecular weight excluding hydrogens is 460 g/mol. The summed E-state index contributed by atoms with van der Waals surface area (Å²) >= 11 is 0. The standard InChI is InChI=1S/C27H36N4O5/c1-17(2)16-31(3)26(34)23-15-22(29-30-23)25(33)28-21(14-24(32)27(35)36)13-18-9-11-20(12-10-18)19-7-5-4-6-8-19/h4-12,17,21-24,29-30,32H,13-16H2,1-3H3,(H,28,33)(H,35,36)/t21-,22?,23?,24+/m1/s1. The lowest BCUT2D eigenvalue weighted by molar-refractivity contribution is -0.147. The number of benzene rings is 2. The third-order valence-corrected chi connectivity index (χ3v) is 6.22. The van der Waals surface area contributed by atoms with Crippen molar-refractivity contribution in [1.29, 1.82) is 0 Å². The van der Waals surface area contributed by atoms with Gasteiger partial charge in [0.2, 0.25) is 11.8 Å². The van der Waals surface area contributed by atoms with Crippen LogP contribution in [0.5, 0.6) is 0 Å². The number of aliphatic hydroxyl groups excluding tert-OH is 1. The molecule has 194 valence electrons. The van der Waals surface area contributed by atoms with E-state index in [0.717, 1.165) is 16.7 Å². The van der Waals surface area contributed by atoms with Crippen LogP contribution in [0.1, 0.15) is 32.3 Å². The molecule has 1 aliphatic rings. The molecule has 0 bridgehead atoms. The van der Waals surface area contributed by atoms with Crippen LogP contribution in [0.25, 0.3) is 11.1 Å². The molecule has 0 saturated carbocycles. The molecule has 5 N–H and O–H groups in total.